The molecule has 0 bridgehead atoms. The lowest BCUT2D eigenvalue weighted by molar-refractivity contribution is -0.151. The first-order valence-corrected chi connectivity index (χ1v) is 18.5. The topological polar surface area (TPSA) is 210 Å². The molecule has 0 N–H and O–H groups in total. The number of Topliss-reactive ketones (excluding diaryl/α,β-unsaturated/α-hetero) is 3. The van der Waals surface area contributed by atoms with Crippen molar-refractivity contribution in [2.45, 2.75) is 87.0 Å². The van der Waals surface area contributed by atoms with E-state index >= 15 is 0 Å². The summed E-state index contributed by atoms with van der Waals surface area (Å²) in [6.45, 7) is 10.5. The van der Waals surface area contributed by atoms with E-state index < -0.39 is 17.9 Å². The van der Waals surface area contributed by atoms with Crippen molar-refractivity contribution >= 4 is 53.7 Å². The molecule has 0 aliphatic carbocycles. The molecule has 3 rings (SSSR count). The summed E-state index contributed by atoms with van der Waals surface area (Å²) in [5.74, 6) is -3.33. The van der Waals surface area contributed by atoms with Crippen LogP contribution in [0, 0.1) is 17.8 Å². The van der Waals surface area contributed by atoms with Gasteiger partial charge in [0.1, 0.15) is 43.5 Å². The van der Waals surface area contributed by atoms with Gasteiger partial charge in [0.2, 0.25) is 0 Å². The molecule has 0 aliphatic rings. The zero-order chi connectivity index (χ0) is 43.7. The molecule has 58 heavy (non-hydrogen) atoms. The molecule has 0 saturated heterocycles. The lowest BCUT2D eigenvalue weighted by Crippen LogP contribution is -2.19. The lowest BCUT2D eigenvalue weighted by Gasteiger charge is -2.10. The van der Waals surface area contributed by atoms with Gasteiger partial charge in [-0.15, -0.1) is 0 Å². The molecular formula is C44H54N2O12. The Balaban J connectivity index is 0.000000773. The third kappa shape index (κ3) is 27.2. The first-order valence-electron chi connectivity index (χ1n) is 18.5. The predicted octanol–water partition coefficient (Wildman–Crippen LogP) is 6.45. The highest BCUT2D eigenvalue weighted by molar-refractivity contribution is 6.20. The Hall–Kier alpha value is -6.40. The van der Waals surface area contributed by atoms with Crippen molar-refractivity contribution in [3.8, 4) is 0 Å². The van der Waals surface area contributed by atoms with Gasteiger partial charge >= 0.3 is 30.1 Å². The van der Waals surface area contributed by atoms with Gasteiger partial charge in [0, 0.05) is 19.3 Å². The number of aldehydes is 1. The molecule has 0 aromatic heterocycles. The van der Waals surface area contributed by atoms with Crippen LogP contribution in [-0.4, -0.2) is 65.1 Å². The Labute approximate surface area is 339 Å². The van der Waals surface area contributed by atoms with Crippen LogP contribution in [0.25, 0.3) is 5.53 Å². The molecule has 3 aromatic carbocycles. The standard InChI is InChI=1S/C15H18O4.C13H16O3.C12H14O3.C4H6N2O2/c1-11(8-14(17)9-12(2)16)15(18)19-10-13-6-4-3-5-7-13;1-10(8-11(2)14)13(15)16-9-12-6-4-3-5-7-12;1-10(7-8-13)12(14)15-9-11-5-3-2-4-6-11;1-2-8-4(7)3-6-5/h3-7,11H,8-10H2,1-2H3;3-7,10H,8-9H2,1-2H3;2-6,8,10H,7,9H2,1H3;3H,2H2,1H3. The number of hydrogen-bond donors (Lipinski definition) is 0. The van der Waals surface area contributed by atoms with E-state index in [0.29, 0.717) is 12.8 Å². The summed E-state index contributed by atoms with van der Waals surface area (Å²) in [7, 11) is 0. The third-order valence-corrected chi connectivity index (χ3v) is 7.35. The summed E-state index contributed by atoms with van der Waals surface area (Å²) in [5, 5.41) is 0. The van der Waals surface area contributed by atoms with Crippen LogP contribution >= 0.6 is 0 Å². The van der Waals surface area contributed by atoms with E-state index in [1.807, 2.05) is 91.0 Å². The average Bonchev–Trinajstić information content (AvgIpc) is 3.19. The molecule has 3 aromatic rings. The first kappa shape index (κ1) is 51.6. The fourth-order valence-corrected chi connectivity index (χ4v) is 4.37. The summed E-state index contributed by atoms with van der Waals surface area (Å²) in [6.07, 6.45) is 1.82. The number of nitrogens with zero attached hydrogens (tertiary/aromatic N) is 2. The van der Waals surface area contributed by atoms with Crippen molar-refractivity contribution in [1.29, 1.82) is 0 Å². The summed E-state index contributed by atoms with van der Waals surface area (Å²) in [4.78, 5) is 90.3. The van der Waals surface area contributed by atoms with E-state index in [1.54, 1.807) is 27.7 Å². The van der Waals surface area contributed by atoms with Crippen LogP contribution < -0.4 is 0 Å². The molecule has 0 fully saturated rings. The number of ether oxygens (including phenoxy) is 4. The van der Waals surface area contributed by atoms with E-state index in [1.165, 1.54) is 13.8 Å². The molecule has 312 valence electrons. The molecule has 0 spiro atoms. The van der Waals surface area contributed by atoms with Gasteiger partial charge in [-0.05, 0) is 37.5 Å². The highest BCUT2D eigenvalue weighted by Crippen LogP contribution is 2.11. The van der Waals surface area contributed by atoms with E-state index in [9.17, 15) is 38.4 Å². The van der Waals surface area contributed by atoms with E-state index in [0.717, 1.165) is 23.0 Å². The van der Waals surface area contributed by atoms with Gasteiger partial charge in [-0.3, -0.25) is 24.0 Å². The summed E-state index contributed by atoms with van der Waals surface area (Å²) >= 11 is 0. The van der Waals surface area contributed by atoms with Crippen LogP contribution in [0.15, 0.2) is 91.0 Å². The Kier molecular flexibility index (Phi) is 28.3. The number of ketones is 3. The maximum atomic E-state index is 11.7. The van der Waals surface area contributed by atoms with Crippen molar-refractivity contribution in [3.63, 3.8) is 0 Å². The van der Waals surface area contributed by atoms with Crippen LogP contribution in [0.5, 0.6) is 0 Å². The molecule has 3 atom stereocenters. The van der Waals surface area contributed by atoms with Crippen LogP contribution in [0.2, 0.25) is 0 Å². The SMILES string of the molecule is CC(=O)CC(=O)CC(C)C(=O)OCc1ccccc1.CC(=O)CC(C)C(=O)OCc1ccccc1.CC(CC=O)C(=O)OCc1ccccc1.CCOC(=O)C=[N+]=[N-]. The van der Waals surface area contributed by atoms with Crippen LogP contribution in [0.3, 0.4) is 0 Å². The average molecular weight is 803 g/mol. The number of hydrogen-bond acceptors (Lipinski definition) is 12. The number of carbonyl (C=O) groups is 8. The second-order valence-electron chi connectivity index (χ2n) is 12.9. The molecule has 3 unspecified atom stereocenters. The second kappa shape index (κ2) is 31.8. The summed E-state index contributed by atoms with van der Waals surface area (Å²) in [6, 6.07) is 28.3. The summed E-state index contributed by atoms with van der Waals surface area (Å²) in [5.41, 5.74) is 10.5. The first-order chi connectivity index (χ1) is 27.6. The van der Waals surface area contributed by atoms with Crippen molar-refractivity contribution < 1.29 is 62.1 Å². The second-order valence-corrected chi connectivity index (χ2v) is 12.9. The maximum Gasteiger partial charge on any atom is 0.413 e. The highest BCUT2D eigenvalue weighted by atomic mass is 16.5. The smallest absolute Gasteiger partial charge is 0.413 e. The third-order valence-electron chi connectivity index (χ3n) is 7.35. The fraction of sp³-hybridized carbons (Fsp3) is 0.386. The van der Waals surface area contributed by atoms with Gasteiger partial charge in [0.15, 0.2) is 0 Å². The normalized spacial score (nSPS) is 11.1. The summed E-state index contributed by atoms with van der Waals surface area (Å²) < 4.78 is 19.6. The number of carbonyl (C=O) groups excluding carboxylic acids is 8. The lowest BCUT2D eigenvalue weighted by atomic mass is 10.0. The molecule has 0 saturated carbocycles. The van der Waals surface area contributed by atoms with Crippen LogP contribution in [-0.2, 0) is 77.1 Å². The monoisotopic (exact) mass is 802 g/mol. The van der Waals surface area contributed by atoms with Gasteiger partial charge in [-0.25, -0.2) is 4.79 Å². The Morgan fingerprint density at radius 3 is 1.29 bits per heavy atom. The van der Waals surface area contributed by atoms with E-state index in [-0.39, 0.29) is 86.6 Å². The molecule has 0 amide bonds. The fourth-order valence-electron chi connectivity index (χ4n) is 4.37. The number of esters is 4. The minimum atomic E-state index is -0.630. The van der Waals surface area contributed by atoms with Crippen molar-refractivity contribution in [3.05, 3.63) is 113 Å². The number of benzene rings is 3. The van der Waals surface area contributed by atoms with Crippen molar-refractivity contribution in [1.82, 2.24) is 0 Å². The molecule has 14 heteroatoms. The van der Waals surface area contributed by atoms with E-state index in [2.05, 4.69) is 9.53 Å². The number of rotatable bonds is 19. The van der Waals surface area contributed by atoms with Gasteiger partial charge in [-0.1, -0.05) is 112 Å². The van der Waals surface area contributed by atoms with E-state index in [4.69, 9.17) is 19.7 Å². The zero-order valence-corrected chi connectivity index (χ0v) is 34.0. The van der Waals surface area contributed by atoms with Crippen molar-refractivity contribution in [2.75, 3.05) is 6.61 Å². The van der Waals surface area contributed by atoms with Gasteiger partial charge in [0.05, 0.1) is 30.8 Å². The van der Waals surface area contributed by atoms with Gasteiger partial charge in [-0.2, -0.15) is 4.79 Å². The Morgan fingerprint density at radius 2 is 0.966 bits per heavy atom. The minimum Gasteiger partial charge on any atom is -0.461 e. The molecule has 0 radical (unpaired) electrons. The highest BCUT2D eigenvalue weighted by Gasteiger charge is 2.19. The molecule has 0 aliphatic heterocycles. The van der Waals surface area contributed by atoms with Crippen LogP contribution in [0.4, 0.5) is 0 Å². The molecule has 0 heterocycles. The molecular weight excluding hydrogens is 748 g/mol. The maximum absolute atomic E-state index is 11.7. The van der Waals surface area contributed by atoms with Crippen molar-refractivity contribution in [2.24, 2.45) is 17.8 Å². The zero-order valence-electron chi connectivity index (χ0n) is 34.0. The molecule has 14 nitrogen and oxygen atoms in total. The quantitative estimate of drug-likeness (QED) is 0.0243. The van der Waals surface area contributed by atoms with Gasteiger partial charge < -0.3 is 34.1 Å². The largest absolute Gasteiger partial charge is 0.461 e. The van der Waals surface area contributed by atoms with Gasteiger partial charge in [0.25, 0.3) is 0 Å². The minimum absolute atomic E-state index is 0.00385. The Bertz CT molecular complexity index is 1760. The van der Waals surface area contributed by atoms with Crippen LogP contribution in [0.1, 0.15) is 83.9 Å². The Morgan fingerprint density at radius 1 is 0.586 bits per heavy atom. The predicted molar refractivity (Wildman–Crippen MR) is 213 cm³/mol.